The Morgan fingerprint density at radius 2 is 1.81 bits per heavy atom. The number of carbonyl (C=O) groups excluding carboxylic acids is 1. The molecule has 2 heterocycles. The van der Waals surface area contributed by atoms with Gasteiger partial charge in [0, 0.05) is 18.3 Å². The lowest BCUT2D eigenvalue weighted by molar-refractivity contribution is -0.137. The first-order valence-corrected chi connectivity index (χ1v) is 9.50. The molecule has 0 atom stereocenters. The zero-order valence-corrected chi connectivity index (χ0v) is 17.1. The third-order valence-corrected chi connectivity index (χ3v) is 4.77. The highest BCUT2D eigenvalue weighted by Gasteiger charge is 2.29. The summed E-state index contributed by atoms with van der Waals surface area (Å²) in [6.07, 6.45) is -1.83. The van der Waals surface area contributed by atoms with Gasteiger partial charge in [-0.25, -0.2) is 14.6 Å². The van der Waals surface area contributed by atoms with Crippen LogP contribution in [0, 0.1) is 0 Å². The minimum Gasteiger partial charge on any atom is -0.327 e. The Hall–Kier alpha value is -3.79. The predicted octanol–water partition coefficient (Wildman–Crippen LogP) is 3.95. The van der Waals surface area contributed by atoms with Crippen LogP contribution >= 0.6 is 11.6 Å². The maximum Gasteiger partial charge on any atom is 0.416 e. The number of benzene rings is 2. The summed E-state index contributed by atoms with van der Waals surface area (Å²) in [5.74, 6) is -0.802. The summed E-state index contributed by atoms with van der Waals surface area (Å²) in [6.45, 7) is 0. The Bertz CT molecular complexity index is 1450. The molecule has 0 saturated carbocycles. The number of hydrogen-bond acceptors (Lipinski definition) is 5. The summed E-state index contributed by atoms with van der Waals surface area (Å²) in [5, 5.41) is 6.80. The molecule has 4 aromatic rings. The van der Waals surface area contributed by atoms with Crippen LogP contribution in [0.5, 0.6) is 0 Å². The maximum atomic E-state index is 12.8. The fraction of sp³-hybridized carbons (Fsp3) is 0.0952. The van der Waals surface area contributed by atoms with E-state index in [9.17, 15) is 22.8 Å². The second-order valence-electron chi connectivity index (χ2n) is 6.76. The zero-order valence-electron chi connectivity index (χ0n) is 16.3. The summed E-state index contributed by atoms with van der Waals surface area (Å²) in [7, 11) is 1.52. The molecule has 1 amide bonds. The van der Waals surface area contributed by atoms with E-state index in [2.05, 4.69) is 20.4 Å². The van der Waals surface area contributed by atoms with E-state index in [-0.39, 0.29) is 11.2 Å². The zero-order chi connectivity index (χ0) is 23.0. The molecule has 0 radical (unpaired) electrons. The van der Waals surface area contributed by atoms with Crippen molar-refractivity contribution in [2.24, 2.45) is 7.05 Å². The fourth-order valence-electron chi connectivity index (χ4n) is 2.96. The van der Waals surface area contributed by atoms with Crippen LogP contribution in [0.15, 0.2) is 53.5 Å². The Kier molecular flexibility index (Phi) is 5.39. The summed E-state index contributed by atoms with van der Waals surface area (Å²) in [4.78, 5) is 34.0. The number of carbonyl (C=O) groups is 1. The van der Waals surface area contributed by atoms with E-state index in [0.717, 1.165) is 12.1 Å². The average molecular weight is 460 g/mol. The smallest absolute Gasteiger partial charge is 0.327 e. The third kappa shape index (κ3) is 4.17. The van der Waals surface area contributed by atoms with Gasteiger partial charge >= 0.3 is 6.18 Å². The molecule has 0 saturated heterocycles. The van der Waals surface area contributed by atoms with Crippen molar-refractivity contribution in [2.75, 3.05) is 0 Å². The highest BCUT2D eigenvalue weighted by Crippen LogP contribution is 2.29. The third-order valence-electron chi connectivity index (χ3n) is 4.54. The van der Waals surface area contributed by atoms with Crippen molar-refractivity contribution in [3.8, 4) is 0 Å². The Labute approximate surface area is 183 Å². The molecule has 0 aliphatic carbocycles. The highest BCUT2D eigenvalue weighted by atomic mass is 35.5. The van der Waals surface area contributed by atoms with Crippen LogP contribution in [0.4, 0.5) is 13.2 Å². The molecule has 0 unspecified atom stereocenters. The first-order valence-electron chi connectivity index (χ1n) is 9.12. The van der Waals surface area contributed by atoms with Crippen LogP contribution in [0.3, 0.4) is 0 Å². The fourth-order valence-corrected chi connectivity index (χ4v) is 3.13. The summed E-state index contributed by atoms with van der Waals surface area (Å²) >= 11 is 5.97. The van der Waals surface area contributed by atoms with Gasteiger partial charge in [-0.2, -0.15) is 18.3 Å². The molecule has 0 aliphatic heterocycles. The van der Waals surface area contributed by atoms with E-state index in [1.807, 2.05) is 0 Å². The second-order valence-corrected chi connectivity index (χ2v) is 7.19. The summed E-state index contributed by atoms with van der Waals surface area (Å²) in [6, 6.07) is 9.21. The molecule has 0 bridgehead atoms. The largest absolute Gasteiger partial charge is 0.416 e. The van der Waals surface area contributed by atoms with Gasteiger partial charge in [-0.1, -0.05) is 23.7 Å². The minimum absolute atomic E-state index is 0.0471. The van der Waals surface area contributed by atoms with Gasteiger partial charge in [-0.05, 0) is 42.0 Å². The number of rotatable bonds is 3. The van der Waals surface area contributed by atoms with Gasteiger partial charge in [0.05, 0.1) is 16.6 Å². The number of alkyl halides is 3. The molecular weight excluding hydrogens is 447 g/mol. The number of nitrogens with zero attached hydrogens (tertiary/aromatic N) is 4. The normalized spacial score (nSPS) is 12.0. The van der Waals surface area contributed by atoms with Gasteiger partial charge in [0.2, 0.25) is 5.43 Å². The molecule has 2 aromatic carbocycles. The molecule has 0 fully saturated rings. The molecule has 4 rings (SSSR count). The standard InChI is InChI=1S/C21H13ClF3N5O2/c1-30-19-16(27-15-10-13(22)6-7-14(15)28-19)18(31)17(29-30)20(32)26-9-8-11-2-4-12(5-3-11)21(23,24)25/h2-10H,1H3,(H,26,32)/b9-8+. The second kappa shape index (κ2) is 8.04. The van der Waals surface area contributed by atoms with Crippen molar-refractivity contribution in [1.29, 1.82) is 0 Å². The number of hydrogen-bond donors (Lipinski definition) is 1. The summed E-state index contributed by atoms with van der Waals surface area (Å²) < 4.78 is 39.1. The van der Waals surface area contributed by atoms with Gasteiger partial charge in [0.1, 0.15) is 0 Å². The molecule has 0 spiro atoms. The van der Waals surface area contributed by atoms with E-state index in [1.54, 1.807) is 18.2 Å². The Morgan fingerprint density at radius 1 is 1.09 bits per heavy atom. The van der Waals surface area contributed by atoms with E-state index < -0.39 is 28.8 Å². The number of halogens is 4. The molecule has 1 N–H and O–H groups in total. The lowest BCUT2D eigenvalue weighted by atomic mass is 10.1. The van der Waals surface area contributed by atoms with Crippen LogP contribution < -0.4 is 10.7 Å². The van der Waals surface area contributed by atoms with Gasteiger partial charge in [-0.3, -0.25) is 9.59 Å². The lowest BCUT2D eigenvalue weighted by Gasteiger charge is -2.07. The first-order chi connectivity index (χ1) is 15.1. The van der Waals surface area contributed by atoms with Gasteiger partial charge in [-0.15, -0.1) is 0 Å². The van der Waals surface area contributed by atoms with E-state index in [1.165, 1.54) is 36.1 Å². The van der Waals surface area contributed by atoms with E-state index in [4.69, 9.17) is 11.6 Å². The number of aryl methyl sites for hydroxylation is 1. The molecule has 11 heteroatoms. The predicted molar refractivity (Wildman–Crippen MR) is 113 cm³/mol. The van der Waals surface area contributed by atoms with Crippen molar-refractivity contribution in [1.82, 2.24) is 25.1 Å². The Balaban J connectivity index is 1.62. The Morgan fingerprint density at radius 3 is 2.50 bits per heavy atom. The molecule has 32 heavy (non-hydrogen) atoms. The van der Waals surface area contributed by atoms with Crippen molar-refractivity contribution >= 4 is 45.8 Å². The average Bonchev–Trinajstić information content (AvgIpc) is 2.75. The number of nitrogens with one attached hydrogen (secondary N) is 1. The lowest BCUT2D eigenvalue weighted by Crippen LogP contribution is -2.29. The minimum atomic E-state index is -4.43. The first kappa shape index (κ1) is 21.4. The number of fused-ring (bicyclic) bond motifs is 2. The number of aromatic nitrogens is 4. The molecule has 7 nitrogen and oxygen atoms in total. The van der Waals surface area contributed by atoms with Gasteiger partial charge < -0.3 is 5.32 Å². The van der Waals surface area contributed by atoms with Crippen LogP contribution in [-0.4, -0.2) is 25.7 Å². The maximum absolute atomic E-state index is 12.8. The van der Waals surface area contributed by atoms with Crippen molar-refractivity contribution in [3.63, 3.8) is 0 Å². The van der Waals surface area contributed by atoms with Crippen molar-refractivity contribution < 1.29 is 18.0 Å². The molecule has 2 aromatic heterocycles. The summed E-state index contributed by atoms with van der Waals surface area (Å²) in [5.41, 5.74) is -0.432. The molecule has 0 aliphatic rings. The topological polar surface area (TPSA) is 89.8 Å². The number of amides is 1. The van der Waals surface area contributed by atoms with Crippen molar-refractivity contribution in [2.45, 2.75) is 6.18 Å². The van der Waals surface area contributed by atoms with Crippen LogP contribution in [0.2, 0.25) is 5.02 Å². The van der Waals surface area contributed by atoms with Crippen molar-refractivity contribution in [3.05, 3.63) is 80.7 Å². The monoisotopic (exact) mass is 459 g/mol. The SMILES string of the molecule is Cn1nc(C(=O)N/C=C/c2ccc(C(F)(F)F)cc2)c(=O)c2nc3cc(Cl)ccc3nc21. The van der Waals surface area contributed by atoms with Crippen LogP contribution in [-0.2, 0) is 13.2 Å². The van der Waals surface area contributed by atoms with Crippen LogP contribution in [0.1, 0.15) is 21.6 Å². The van der Waals surface area contributed by atoms with Gasteiger partial charge in [0.25, 0.3) is 5.91 Å². The molecular formula is C21H13ClF3N5O2. The van der Waals surface area contributed by atoms with E-state index in [0.29, 0.717) is 21.6 Å². The van der Waals surface area contributed by atoms with E-state index >= 15 is 0 Å². The molecule has 162 valence electrons. The highest BCUT2D eigenvalue weighted by molar-refractivity contribution is 6.31. The quantitative estimate of drug-likeness (QED) is 0.468. The van der Waals surface area contributed by atoms with Crippen LogP contribution in [0.25, 0.3) is 28.3 Å². The van der Waals surface area contributed by atoms with Gasteiger partial charge in [0.15, 0.2) is 16.9 Å².